The van der Waals surface area contributed by atoms with E-state index in [0.717, 1.165) is 6.07 Å². The van der Waals surface area contributed by atoms with Crippen LogP contribution in [-0.2, 0) is 12.6 Å². The molecule has 2 aromatic heterocycles. The molecule has 0 amide bonds. The Morgan fingerprint density at radius 1 is 1.37 bits per heavy atom. The fourth-order valence-corrected chi connectivity index (χ4v) is 3.80. The predicted molar refractivity (Wildman–Crippen MR) is 87.5 cm³/mol. The van der Waals surface area contributed by atoms with E-state index in [-0.39, 0.29) is 65.6 Å². The van der Waals surface area contributed by atoms with Gasteiger partial charge < -0.3 is 5.11 Å². The molecule has 0 saturated heterocycles. The van der Waals surface area contributed by atoms with E-state index in [9.17, 15) is 31.9 Å². The van der Waals surface area contributed by atoms with Gasteiger partial charge in [-0.1, -0.05) is 11.6 Å². The fraction of sp³-hybridized carbons (Fsp3) is 0.529. The smallest absolute Gasteiger partial charge is 0.435 e. The number of alkyl halides is 5. The molecule has 27 heavy (non-hydrogen) atoms. The van der Waals surface area contributed by atoms with Gasteiger partial charge in [0.15, 0.2) is 5.69 Å². The molecule has 1 N–H and O–H groups in total. The standard InChI is InChI=1S/C17H16ClF5N2O2/c1-8-13(18)10(15(26)27)7-12-24-14(17(21,22)23)11(25(8)12)6-9-2-4-16(19,20)5-3-9/h7,9H,2-6H2,1H3,(H,26,27). The molecule has 0 unspecified atom stereocenters. The van der Waals surface area contributed by atoms with Gasteiger partial charge in [-0.25, -0.2) is 18.6 Å². The van der Waals surface area contributed by atoms with Crippen LogP contribution < -0.4 is 0 Å². The van der Waals surface area contributed by atoms with E-state index in [4.69, 9.17) is 11.6 Å². The van der Waals surface area contributed by atoms with Gasteiger partial charge >= 0.3 is 12.1 Å². The van der Waals surface area contributed by atoms with E-state index < -0.39 is 23.8 Å². The van der Waals surface area contributed by atoms with E-state index in [1.807, 2.05) is 0 Å². The topological polar surface area (TPSA) is 54.6 Å². The van der Waals surface area contributed by atoms with Gasteiger partial charge in [0.2, 0.25) is 5.92 Å². The maximum absolute atomic E-state index is 13.5. The molecule has 0 aromatic carbocycles. The van der Waals surface area contributed by atoms with Gasteiger partial charge in [0.25, 0.3) is 0 Å². The molecule has 1 saturated carbocycles. The van der Waals surface area contributed by atoms with Gasteiger partial charge in [0.1, 0.15) is 5.65 Å². The van der Waals surface area contributed by atoms with Crippen LogP contribution >= 0.6 is 11.6 Å². The molecule has 0 radical (unpaired) electrons. The molecule has 148 valence electrons. The van der Waals surface area contributed by atoms with Crippen molar-refractivity contribution in [1.29, 1.82) is 0 Å². The van der Waals surface area contributed by atoms with Crippen LogP contribution in [0, 0.1) is 12.8 Å². The van der Waals surface area contributed by atoms with E-state index in [2.05, 4.69) is 4.98 Å². The maximum atomic E-state index is 13.5. The first kappa shape index (κ1) is 19.9. The Kier molecular flexibility index (Phi) is 4.86. The van der Waals surface area contributed by atoms with E-state index in [1.165, 1.54) is 11.3 Å². The third kappa shape index (κ3) is 3.74. The number of carbonyl (C=O) groups is 1. The highest BCUT2D eigenvalue weighted by atomic mass is 35.5. The van der Waals surface area contributed by atoms with Crippen LogP contribution in [0.25, 0.3) is 5.65 Å². The molecule has 2 aromatic rings. The first-order valence-electron chi connectivity index (χ1n) is 8.29. The zero-order valence-electron chi connectivity index (χ0n) is 14.2. The lowest BCUT2D eigenvalue weighted by Crippen LogP contribution is -2.26. The number of rotatable bonds is 3. The molecule has 3 rings (SSSR count). The van der Waals surface area contributed by atoms with Crippen molar-refractivity contribution in [3.05, 3.63) is 33.7 Å². The van der Waals surface area contributed by atoms with Gasteiger partial charge in [0.05, 0.1) is 16.3 Å². The first-order chi connectivity index (χ1) is 12.4. The van der Waals surface area contributed by atoms with Crippen LogP contribution in [-0.4, -0.2) is 26.4 Å². The molecule has 0 spiro atoms. The minimum absolute atomic E-state index is 0.0876. The average Bonchev–Trinajstić information content (AvgIpc) is 2.91. The largest absolute Gasteiger partial charge is 0.478 e. The van der Waals surface area contributed by atoms with Gasteiger partial charge in [0, 0.05) is 18.5 Å². The first-order valence-corrected chi connectivity index (χ1v) is 8.67. The minimum Gasteiger partial charge on any atom is -0.478 e. The lowest BCUT2D eigenvalue weighted by atomic mass is 9.83. The van der Waals surface area contributed by atoms with Crippen LogP contribution in [0.5, 0.6) is 0 Å². The summed E-state index contributed by atoms with van der Waals surface area (Å²) in [7, 11) is 0. The summed E-state index contributed by atoms with van der Waals surface area (Å²) in [5, 5.41) is 9.00. The molecular formula is C17H16ClF5N2O2. The second kappa shape index (κ2) is 6.61. The van der Waals surface area contributed by atoms with E-state index in [1.54, 1.807) is 0 Å². The number of aromatic carboxylic acids is 1. The summed E-state index contributed by atoms with van der Waals surface area (Å²) in [5.41, 5.74) is -1.72. The van der Waals surface area contributed by atoms with Gasteiger partial charge in [-0.2, -0.15) is 13.2 Å². The van der Waals surface area contributed by atoms with Crippen molar-refractivity contribution < 1.29 is 31.9 Å². The highest BCUT2D eigenvalue weighted by Gasteiger charge is 2.41. The summed E-state index contributed by atoms with van der Waals surface area (Å²) in [6, 6.07) is 0.991. The third-order valence-electron chi connectivity index (χ3n) is 4.98. The molecule has 0 aliphatic heterocycles. The fourth-order valence-electron chi connectivity index (χ4n) is 3.58. The number of carboxylic acids is 1. The lowest BCUT2D eigenvalue weighted by Gasteiger charge is -2.28. The molecule has 0 atom stereocenters. The number of aromatic nitrogens is 2. The number of hydrogen-bond donors (Lipinski definition) is 1. The maximum Gasteiger partial charge on any atom is 0.435 e. The van der Waals surface area contributed by atoms with Crippen LogP contribution in [0.4, 0.5) is 22.0 Å². The highest BCUT2D eigenvalue weighted by molar-refractivity contribution is 6.34. The van der Waals surface area contributed by atoms with Crippen LogP contribution in [0.3, 0.4) is 0 Å². The molecule has 1 aliphatic rings. The molecule has 10 heteroatoms. The minimum atomic E-state index is -4.76. The van der Waals surface area contributed by atoms with Crippen molar-refractivity contribution in [2.24, 2.45) is 5.92 Å². The van der Waals surface area contributed by atoms with Gasteiger partial charge in [-0.05, 0) is 38.2 Å². The Morgan fingerprint density at radius 2 is 1.96 bits per heavy atom. The highest BCUT2D eigenvalue weighted by Crippen LogP contribution is 2.40. The lowest BCUT2D eigenvalue weighted by molar-refractivity contribution is -0.141. The summed E-state index contributed by atoms with van der Waals surface area (Å²) in [5.74, 6) is -4.50. The second-order valence-corrected chi connectivity index (χ2v) is 7.24. The van der Waals surface area contributed by atoms with Crippen molar-refractivity contribution in [3.8, 4) is 0 Å². The molecule has 0 bridgehead atoms. The van der Waals surface area contributed by atoms with E-state index in [0.29, 0.717) is 0 Å². The summed E-state index contributed by atoms with van der Waals surface area (Å²) >= 11 is 6.03. The quantitative estimate of drug-likeness (QED) is 0.691. The Bertz CT molecular complexity index is 897. The second-order valence-electron chi connectivity index (χ2n) is 6.86. The average molecular weight is 411 g/mol. The summed E-state index contributed by atoms with van der Waals surface area (Å²) in [4.78, 5) is 14.9. The van der Waals surface area contributed by atoms with Crippen molar-refractivity contribution in [2.45, 2.75) is 51.1 Å². The predicted octanol–water partition coefficient (Wildman–Crippen LogP) is 5.38. The SMILES string of the molecule is Cc1c(Cl)c(C(=O)O)cc2nc(C(F)(F)F)c(CC3CCC(F)(F)CC3)n12. The Balaban J connectivity index is 2.12. The van der Waals surface area contributed by atoms with Gasteiger partial charge in [-0.15, -0.1) is 0 Å². The Labute approximate surface area is 155 Å². The van der Waals surface area contributed by atoms with Crippen LogP contribution in [0.1, 0.15) is 53.1 Å². The van der Waals surface area contributed by atoms with Crippen molar-refractivity contribution in [2.75, 3.05) is 0 Å². The number of nitrogens with zero attached hydrogens (tertiary/aromatic N) is 2. The van der Waals surface area contributed by atoms with Gasteiger partial charge in [-0.3, -0.25) is 4.40 Å². The van der Waals surface area contributed by atoms with Crippen molar-refractivity contribution >= 4 is 23.2 Å². The molecule has 4 nitrogen and oxygen atoms in total. The number of imidazole rings is 1. The number of halogens is 6. The third-order valence-corrected chi connectivity index (χ3v) is 5.46. The summed E-state index contributed by atoms with van der Waals surface area (Å²) in [6.45, 7) is 1.40. The van der Waals surface area contributed by atoms with Crippen LogP contribution in [0.15, 0.2) is 6.07 Å². The number of fused-ring (bicyclic) bond motifs is 1. The normalized spacial score (nSPS) is 18.2. The zero-order valence-corrected chi connectivity index (χ0v) is 15.0. The Hall–Kier alpha value is -1.90. The molecule has 2 heterocycles. The Morgan fingerprint density at radius 3 is 2.48 bits per heavy atom. The molecular weight excluding hydrogens is 395 g/mol. The number of carboxylic acid groups (broad SMARTS) is 1. The van der Waals surface area contributed by atoms with Crippen molar-refractivity contribution in [1.82, 2.24) is 9.38 Å². The number of hydrogen-bond acceptors (Lipinski definition) is 2. The monoisotopic (exact) mass is 410 g/mol. The summed E-state index contributed by atoms with van der Waals surface area (Å²) < 4.78 is 68.4. The number of aryl methyl sites for hydroxylation is 1. The number of pyridine rings is 1. The molecule has 1 aliphatic carbocycles. The molecule has 1 fully saturated rings. The van der Waals surface area contributed by atoms with Crippen LogP contribution in [0.2, 0.25) is 5.02 Å². The van der Waals surface area contributed by atoms with E-state index >= 15 is 0 Å². The van der Waals surface area contributed by atoms with Crippen molar-refractivity contribution in [3.63, 3.8) is 0 Å². The summed E-state index contributed by atoms with van der Waals surface area (Å²) in [6.07, 6.45) is -5.36. The zero-order chi connectivity index (χ0) is 20.1.